The highest BCUT2D eigenvalue weighted by Gasteiger charge is 2.39. The molecule has 3 heterocycles. The number of halogens is 1. The van der Waals surface area contributed by atoms with Crippen molar-refractivity contribution in [3.05, 3.63) is 35.6 Å². The first-order valence-electron chi connectivity index (χ1n) is 11.6. The number of carbonyl (C=O) groups is 1. The average Bonchev–Trinajstić information content (AvgIpc) is 3.21. The molecule has 3 aromatic rings. The van der Waals surface area contributed by atoms with E-state index in [2.05, 4.69) is 22.2 Å². The van der Waals surface area contributed by atoms with E-state index in [9.17, 15) is 15.0 Å². The van der Waals surface area contributed by atoms with Gasteiger partial charge in [-0.1, -0.05) is 0 Å². The number of nitrogens with zero attached hydrogens (tertiary/aromatic N) is 3. The van der Waals surface area contributed by atoms with Crippen LogP contribution in [-0.4, -0.2) is 77.1 Å². The van der Waals surface area contributed by atoms with Gasteiger partial charge in [0.05, 0.1) is 42.5 Å². The minimum absolute atomic E-state index is 0.0289. The van der Waals surface area contributed by atoms with Crippen molar-refractivity contribution in [1.82, 2.24) is 19.8 Å². The molecule has 35 heavy (non-hydrogen) atoms. The third-order valence-corrected chi connectivity index (χ3v) is 6.97. The molecule has 0 atom stereocenters. The summed E-state index contributed by atoms with van der Waals surface area (Å²) in [5, 5.41) is 23.3. The van der Waals surface area contributed by atoms with Gasteiger partial charge in [0.25, 0.3) is 5.91 Å². The maximum Gasteiger partial charge on any atom is 0.251 e. The summed E-state index contributed by atoms with van der Waals surface area (Å²) in [5.74, 6) is -2.60. The van der Waals surface area contributed by atoms with Gasteiger partial charge in [0.15, 0.2) is 17.3 Å². The Hall–Kier alpha value is -3.37. The van der Waals surface area contributed by atoms with Crippen LogP contribution in [0.1, 0.15) is 30.1 Å². The number of phenolic OH excluding ortho intramolecular Hbond substituents is 2. The SMILES string of the molecule is COc1cc(-c2nc3ccc(C(=O)NC4CCN(C)CC4)cc3n2C2(C)COC2)c(F)c(O)c1O. The Balaban J connectivity index is 1.60. The van der Waals surface area contributed by atoms with Crippen molar-refractivity contribution in [3.8, 4) is 28.6 Å². The van der Waals surface area contributed by atoms with Crippen molar-refractivity contribution in [3.63, 3.8) is 0 Å². The molecule has 0 unspecified atom stereocenters. The number of nitrogens with one attached hydrogen (secondary N) is 1. The van der Waals surface area contributed by atoms with Crippen molar-refractivity contribution in [2.45, 2.75) is 31.3 Å². The largest absolute Gasteiger partial charge is 0.502 e. The van der Waals surface area contributed by atoms with Crippen LogP contribution in [0.15, 0.2) is 24.3 Å². The van der Waals surface area contributed by atoms with Crippen LogP contribution in [0.25, 0.3) is 22.4 Å². The summed E-state index contributed by atoms with van der Waals surface area (Å²) in [5.41, 5.74) is 1.13. The van der Waals surface area contributed by atoms with E-state index >= 15 is 4.39 Å². The normalized spacial score (nSPS) is 18.4. The molecule has 0 spiro atoms. The van der Waals surface area contributed by atoms with Gasteiger partial charge in [-0.25, -0.2) is 9.37 Å². The fraction of sp³-hybridized carbons (Fsp3) is 0.440. The monoisotopic (exact) mass is 484 g/mol. The molecule has 1 amide bonds. The van der Waals surface area contributed by atoms with E-state index in [1.54, 1.807) is 18.2 Å². The molecule has 5 rings (SSSR count). The van der Waals surface area contributed by atoms with Crippen molar-refractivity contribution < 1.29 is 28.9 Å². The number of imidazole rings is 1. The first-order chi connectivity index (χ1) is 16.7. The number of piperidine rings is 1. The van der Waals surface area contributed by atoms with E-state index in [1.807, 2.05) is 11.5 Å². The summed E-state index contributed by atoms with van der Waals surface area (Å²) >= 11 is 0. The molecular formula is C25H29FN4O5. The number of rotatable bonds is 5. The predicted octanol–water partition coefficient (Wildman–Crippen LogP) is 2.83. The molecule has 1 aromatic heterocycles. The third-order valence-electron chi connectivity index (χ3n) is 6.97. The molecule has 2 aliphatic rings. The minimum atomic E-state index is -1.01. The van der Waals surface area contributed by atoms with E-state index in [0.29, 0.717) is 29.8 Å². The quantitative estimate of drug-likeness (QED) is 0.478. The maximum absolute atomic E-state index is 15.2. The van der Waals surface area contributed by atoms with Crippen LogP contribution in [-0.2, 0) is 10.3 Å². The lowest BCUT2D eigenvalue weighted by molar-refractivity contribution is -0.0868. The van der Waals surface area contributed by atoms with Gasteiger partial charge in [0.1, 0.15) is 5.82 Å². The molecule has 0 aliphatic carbocycles. The smallest absolute Gasteiger partial charge is 0.251 e. The third kappa shape index (κ3) is 3.96. The van der Waals surface area contributed by atoms with Crippen LogP contribution >= 0.6 is 0 Å². The number of ether oxygens (including phenoxy) is 2. The van der Waals surface area contributed by atoms with Gasteiger partial charge in [-0.15, -0.1) is 0 Å². The predicted molar refractivity (Wildman–Crippen MR) is 127 cm³/mol. The molecule has 3 N–H and O–H groups in total. The fourth-order valence-corrected chi connectivity index (χ4v) is 4.82. The van der Waals surface area contributed by atoms with Crippen molar-refractivity contribution >= 4 is 16.9 Å². The van der Waals surface area contributed by atoms with Gasteiger partial charge >= 0.3 is 0 Å². The van der Waals surface area contributed by atoms with Crippen LogP contribution in [0.5, 0.6) is 17.2 Å². The van der Waals surface area contributed by atoms with E-state index in [-0.39, 0.29) is 29.1 Å². The molecule has 10 heteroatoms. The van der Waals surface area contributed by atoms with Crippen LogP contribution in [0, 0.1) is 5.82 Å². The number of carbonyl (C=O) groups excluding carboxylic acids is 1. The van der Waals surface area contributed by atoms with E-state index < -0.39 is 22.9 Å². The Labute approximate surface area is 202 Å². The first-order valence-corrected chi connectivity index (χ1v) is 11.6. The van der Waals surface area contributed by atoms with Gasteiger partial charge in [-0.2, -0.15) is 0 Å². The molecule has 2 saturated heterocycles. The average molecular weight is 485 g/mol. The molecule has 0 saturated carbocycles. The van der Waals surface area contributed by atoms with Crippen LogP contribution in [0.3, 0.4) is 0 Å². The topological polar surface area (TPSA) is 109 Å². The number of aromatic nitrogens is 2. The van der Waals surface area contributed by atoms with Gasteiger partial charge in [0, 0.05) is 11.6 Å². The molecule has 2 aliphatic heterocycles. The first kappa shape index (κ1) is 23.4. The summed E-state index contributed by atoms with van der Waals surface area (Å²) in [7, 11) is 3.39. The zero-order chi connectivity index (χ0) is 24.9. The number of methoxy groups -OCH3 is 1. The number of phenols is 2. The molecular weight excluding hydrogens is 455 g/mol. The molecule has 0 radical (unpaired) electrons. The van der Waals surface area contributed by atoms with Crippen LogP contribution in [0.2, 0.25) is 0 Å². The number of aromatic hydroxyl groups is 2. The van der Waals surface area contributed by atoms with E-state index in [4.69, 9.17) is 9.47 Å². The van der Waals surface area contributed by atoms with E-state index in [0.717, 1.165) is 25.9 Å². The zero-order valence-electron chi connectivity index (χ0n) is 20.0. The fourth-order valence-electron chi connectivity index (χ4n) is 4.82. The van der Waals surface area contributed by atoms with Gasteiger partial charge in [0.2, 0.25) is 5.75 Å². The number of benzene rings is 2. The highest BCUT2D eigenvalue weighted by atomic mass is 19.1. The second kappa shape index (κ2) is 8.69. The molecule has 2 fully saturated rings. The summed E-state index contributed by atoms with van der Waals surface area (Å²) in [6.07, 6.45) is 1.79. The van der Waals surface area contributed by atoms with Crippen LogP contribution in [0.4, 0.5) is 4.39 Å². The summed E-state index contributed by atoms with van der Waals surface area (Å²) < 4.78 is 27.6. The molecule has 186 valence electrons. The van der Waals surface area contributed by atoms with Crippen molar-refractivity contribution in [2.75, 3.05) is 40.5 Å². The lowest BCUT2D eigenvalue weighted by Gasteiger charge is -2.40. The van der Waals surface area contributed by atoms with Crippen LogP contribution < -0.4 is 10.1 Å². The van der Waals surface area contributed by atoms with E-state index in [1.165, 1.54) is 13.2 Å². The number of fused-ring (bicyclic) bond motifs is 1. The second-order valence-corrected chi connectivity index (χ2v) is 9.65. The number of hydrogen-bond acceptors (Lipinski definition) is 7. The number of likely N-dealkylation sites (tertiary alicyclic amines) is 1. The molecule has 0 bridgehead atoms. The molecule has 2 aromatic carbocycles. The number of amides is 1. The van der Waals surface area contributed by atoms with Gasteiger partial charge in [-0.3, -0.25) is 4.79 Å². The zero-order valence-corrected chi connectivity index (χ0v) is 20.0. The second-order valence-electron chi connectivity index (χ2n) is 9.65. The summed E-state index contributed by atoms with van der Waals surface area (Å²) in [4.78, 5) is 19.9. The Morgan fingerprint density at radius 3 is 2.57 bits per heavy atom. The highest BCUT2D eigenvalue weighted by Crippen LogP contribution is 2.44. The maximum atomic E-state index is 15.2. The Bertz CT molecular complexity index is 1290. The van der Waals surface area contributed by atoms with Gasteiger partial charge < -0.3 is 34.5 Å². The Kier molecular flexibility index (Phi) is 5.80. The lowest BCUT2D eigenvalue weighted by Crippen LogP contribution is -2.49. The minimum Gasteiger partial charge on any atom is -0.502 e. The van der Waals surface area contributed by atoms with Crippen molar-refractivity contribution in [1.29, 1.82) is 0 Å². The summed E-state index contributed by atoms with van der Waals surface area (Å²) in [6, 6.07) is 6.62. The van der Waals surface area contributed by atoms with Crippen molar-refractivity contribution in [2.24, 2.45) is 0 Å². The number of hydrogen-bond donors (Lipinski definition) is 3. The summed E-state index contributed by atoms with van der Waals surface area (Å²) in [6.45, 7) is 4.59. The Morgan fingerprint density at radius 1 is 1.23 bits per heavy atom. The lowest BCUT2D eigenvalue weighted by atomic mass is 9.98. The highest BCUT2D eigenvalue weighted by molar-refractivity contribution is 5.98. The molecule has 9 nitrogen and oxygen atoms in total. The van der Waals surface area contributed by atoms with Gasteiger partial charge in [-0.05, 0) is 64.2 Å². The Morgan fingerprint density at radius 2 is 1.94 bits per heavy atom. The standard InChI is InChI=1S/C25H29FN4O5/c1-25(12-35-13-25)30-18-10-14(24(33)27-15-6-8-29(2)9-7-15)4-5-17(18)28-23(30)16-11-19(34-3)21(31)22(32)20(16)26/h4-5,10-11,15,31-32H,6-9,12-13H2,1-3H3,(H,27,33).